The Bertz CT molecular complexity index is 352. The van der Waals surface area contributed by atoms with Crippen LogP contribution in [0.1, 0.15) is 35.7 Å². The van der Waals surface area contributed by atoms with E-state index in [1.807, 2.05) is 31.3 Å². The van der Waals surface area contributed by atoms with Gasteiger partial charge in [0.25, 0.3) is 5.91 Å². The van der Waals surface area contributed by atoms with Gasteiger partial charge in [0.1, 0.15) is 0 Å². The van der Waals surface area contributed by atoms with E-state index in [2.05, 4.69) is 6.92 Å². The van der Waals surface area contributed by atoms with E-state index in [1.54, 1.807) is 4.90 Å². The quantitative estimate of drug-likeness (QED) is 0.722. The summed E-state index contributed by atoms with van der Waals surface area (Å²) in [6.07, 6.45) is 2.14. The molecule has 0 bridgehead atoms. The number of nitrogens with zero attached hydrogens (tertiary/aromatic N) is 1. The predicted molar refractivity (Wildman–Crippen MR) is 67.9 cm³/mol. The van der Waals surface area contributed by atoms with Crippen molar-refractivity contribution in [3.63, 3.8) is 0 Å². The van der Waals surface area contributed by atoms with Crippen LogP contribution in [-0.2, 0) is 5.88 Å². The molecule has 1 amide bonds. The third kappa shape index (κ3) is 3.53. The van der Waals surface area contributed by atoms with Crippen LogP contribution in [0, 0.1) is 0 Å². The van der Waals surface area contributed by atoms with Gasteiger partial charge in [-0.15, -0.1) is 11.6 Å². The molecule has 0 fully saturated rings. The molecule has 0 aromatic heterocycles. The van der Waals surface area contributed by atoms with Gasteiger partial charge in [0.2, 0.25) is 0 Å². The highest BCUT2D eigenvalue weighted by molar-refractivity contribution is 6.17. The summed E-state index contributed by atoms with van der Waals surface area (Å²) in [5.74, 6) is 0.514. The van der Waals surface area contributed by atoms with Crippen molar-refractivity contribution in [1.29, 1.82) is 0 Å². The van der Waals surface area contributed by atoms with E-state index in [9.17, 15) is 4.79 Å². The Morgan fingerprint density at radius 3 is 2.81 bits per heavy atom. The molecule has 1 aromatic rings. The summed E-state index contributed by atoms with van der Waals surface area (Å²) in [7, 11) is 1.84. The topological polar surface area (TPSA) is 20.3 Å². The highest BCUT2D eigenvalue weighted by atomic mass is 35.5. The van der Waals surface area contributed by atoms with Crippen molar-refractivity contribution in [2.75, 3.05) is 13.6 Å². The van der Waals surface area contributed by atoms with E-state index < -0.39 is 0 Å². The lowest BCUT2D eigenvalue weighted by Gasteiger charge is -2.16. The molecule has 88 valence electrons. The van der Waals surface area contributed by atoms with Gasteiger partial charge in [-0.05, 0) is 24.1 Å². The van der Waals surface area contributed by atoms with Crippen molar-refractivity contribution < 1.29 is 4.79 Å². The van der Waals surface area contributed by atoms with Crippen molar-refractivity contribution in [2.24, 2.45) is 0 Å². The number of halogens is 1. The Morgan fingerprint density at radius 1 is 1.44 bits per heavy atom. The van der Waals surface area contributed by atoms with Gasteiger partial charge in [-0.25, -0.2) is 0 Å². The third-order valence-electron chi connectivity index (χ3n) is 2.52. The van der Waals surface area contributed by atoms with Crippen LogP contribution in [0.25, 0.3) is 0 Å². The Labute approximate surface area is 102 Å². The summed E-state index contributed by atoms with van der Waals surface area (Å²) >= 11 is 5.74. The molecule has 1 aromatic carbocycles. The minimum Gasteiger partial charge on any atom is -0.342 e. The Balaban J connectivity index is 2.71. The van der Waals surface area contributed by atoms with Crippen molar-refractivity contribution in [3.05, 3.63) is 35.4 Å². The van der Waals surface area contributed by atoms with Gasteiger partial charge in [-0.1, -0.05) is 25.5 Å². The Morgan fingerprint density at radius 2 is 2.19 bits per heavy atom. The van der Waals surface area contributed by atoms with Crippen molar-refractivity contribution in [3.8, 4) is 0 Å². The number of benzene rings is 1. The number of hydrogen-bond acceptors (Lipinski definition) is 1. The zero-order valence-electron chi connectivity index (χ0n) is 9.87. The molecule has 0 unspecified atom stereocenters. The lowest BCUT2D eigenvalue weighted by atomic mass is 10.1. The molecule has 0 aliphatic heterocycles. The summed E-state index contributed by atoms with van der Waals surface area (Å²) < 4.78 is 0. The summed E-state index contributed by atoms with van der Waals surface area (Å²) in [5.41, 5.74) is 1.70. The first-order valence-electron chi connectivity index (χ1n) is 5.59. The number of unbranched alkanes of at least 4 members (excludes halogenated alkanes) is 1. The maximum Gasteiger partial charge on any atom is 0.253 e. The molecule has 0 saturated carbocycles. The average molecular weight is 240 g/mol. The molecular weight excluding hydrogens is 222 g/mol. The molecule has 0 spiro atoms. The molecule has 1 rings (SSSR count). The number of hydrogen-bond donors (Lipinski definition) is 0. The van der Waals surface area contributed by atoms with Crippen molar-refractivity contribution in [2.45, 2.75) is 25.6 Å². The van der Waals surface area contributed by atoms with Gasteiger partial charge < -0.3 is 4.90 Å². The molecule has 0 aliphatic carbocycles. The molecule has 0 radical (unpaired) electrons. The molecule has 16 heavy (non-hydrogen) atoms. The molecular formula is C13H18ClNO. The summed E-state index contributed by atoms with van der Waals surface area (Å²) in [6.45, 7) is 2.92. The number of amides is 1. The van der Waals surface area contributed by atoms with Crippen molar-refractivity contribution in [1.82, 2.24) is 4.90 Å². The van der Waals surface area contributed by atoms with Crippen LogP contribution in [-0.4, -0.2) is 24.4 Å². The molecule has 0 atom stereocenters. The number of rotatable bonds is 5. The van der Waals surface area contributed by atoms with Gasteiger partial charge in [-0.2, -0.15) is 0 Å². The smallest absolute Gasteiger partial charge is 0.253 e. The fraction of sp³-hybridized carbons (Fsp3) is 0.462. The monoisotopic (exact) mass is 239 g/mol. The molecule has 2 nitrogen and oxygen atoms in total. The van der Waals surface area contributed by atoms with Crippen LogP contribution < -0.4 is 0 Å². The molecule has 0 N–H and O–H groups in total. The predicted octanol–water partition coefficient (Wildman–Crippen LogP) is 3.30. The fourth-order valence-electron chi connectivity index (χ4n) is 1.50. The van der Waals surface area contributed by atoms with Crippen LogP contribution in [0.4, 0.5) is 0 Å². The molecule has 3 heteroatoms. The van der Waals surface area contributed by atoms with E-state index in [4.69, 9.17) is 11.6 Å². The fourth-order valence-corrected chi connectivity index (χ4v) is 1.67. The van der Waals surface area contributed by atoms with Gasteiger partial charge in [0, 0.05) is 25.0 Å². The first-order valence-corrected chi connectivity index (χ1v) is 6.12. The second-order valence-corrected chi connectivity index (χ2v) is 4.18. The van der Waals surface area contributed by atoms with Crippen LogP contribution in [0.2, 0.25) is 0 Å². The van der Waals surface area contributed by atoms with Gasteiger partial charge >= 0.3 is 0 Å². The maximum absolute atomic E-state index is 12.0. The van der Waals surface area contributed by atoms with Crippen molar-refractivity contribution >= 4 is 17.5 Å². The Hall–Kier alpha value is -1.02. The first kappa shape index (κ1) is 13.0. The first-order chi connectivity index (χ1) is 7.69. The summed E-state index contributed by atoms with van der Waals surface area (Å²) in [5, 5.41) is 0. The highest BCUT2D eigenvalue weighted by Gasteiger charge is 2.10. The number of carbonyl (C=O) groups excluding carboxylic acids is 1. The van der Waals surface area contributed by atoms with E-state index in [-0.39, 0.29) is 5.91 Å². The lowest BCUT2D eigenvalue weighted by molar-refractivity contribution is 0.0793. The normalized spacial score (nSPS) is 10.2. The molecule has 0 saturated heterocycles. The second kappa shape index (κ2) is 6.54. The molecule has 0 heterocycles. The van der Waals surface area contributed by atoms with Gasteiger partial charge in [-0.3, -0.25) is 4.79 Å². The number of alkyl halides is 1. The van der Waals surface area contributed by atoms with Gasteiger partial charge in [0.15, 0.2) is 0 Å². The number of carbonyl (C=O) groups is 1. The highest BCUT2D eigenvalue weighted by Crippen LogP contribution is 2.10. The van der Waals surface area contributed by atoms with Crippen LogP contribution in [0.3, 0.4) is 0 Å². The maximum atomic E-state index is 12.0. The van der Waals surface area contributed by atoms with Crippen LogP contribution >= 0.6 is 11.6 Å². The van der Waals surface area contributed by atoms with E-state index in [0.29, 0.717) is 5.88 Å². The van der Waals surface area contributed by atoms with E-state index in [0.717, 1.165) is 30.5 Å². The summed E-state index contributed by atoms with van der Waals surface area (Å²) in [4.78, 5) is 13.8. The standard InChI is InChI=1S/C13H18ClNO/c1-3-4-8-15(2)13(16)12-7-5-6-11(9-12)10-14/h5-7,9H,3-4,8,10H2,1-2H3. The second-order valence-electron chi connectivity index (χ2n) is 3.91. The minimum absolute atomic E-state index is 0.0698. The Kier molecular flexibility index (Phi) is 5.33. The minimum atomic E-state index is 0.0698. The molecule has 0 aliphatic rings. The average Bonchev–Trinajstić information content (AvgIpc) is 2.35. The van der Waals surface area contributed by atoms with Crippen LogP contribution in [0.5, 0.6) is 0 Å². The zero-order chi connectivity index (χ0) is 12.0. The zero-order valence-corrected chi connectivity index (χ0v) is 10.6. The van der Waals surface area contributed by atoms with E-state index in [1.165, 1.54) is 0 Å². The largest absolute Gasteiger partial charge is 0.342 e. The summed E-state index contributed by atoms with van der Waals surface area (Å²) in [6, 6.07) is 7.49. The van der Waals surface area contributed by atoms with E-state index >= 15 is 0 Å². The van der Waals surface area contributed by atoms with Crippen LogP contribution in [0.15, 0.2) is 24.3 Å². The SMILES string of the molecule is CCCCN(C)C(=O)c1cccc(CCl)c1. The lowest BCUT2D eigenvalue weighted by Crippen LogP contribution is -2.27. The van der Waals surface area contributed by atoms with Gasteiger partial charge in [0.05, 0.1) is 0 Å². The third-order valence-corrected chi connectivity index (χ3v) is 2.83.